The van der Waals surface area contributed by atoms with E-state index in [-0.39, 0.29) is 0 Å². The van der Waals surface area contributed by atoms with Crippen molar-refractivity contribution >= 4 is 40.3 Å². The number of nitrogens with one attached hydrogen (secondary N) is 4. The van der Waals surface area contributed by atoms with E-state index in [1.165, 1.54) is 36.8 Å². The molecule has 0 bridgehead atoms. The van der Waals surface area contributed by atoms with Crippen molar-refractivity contribution in [2.45, 2.75) is 45.6 Å². The highest BCUT2D eigenvalue weighted by Crippen LogP contribution is 2.17. The van der Waals surface area contributed by atoms with Crippen molar-refractivity contribution in [2.75, 3.05) is 5.32 Å². The zero-order valence-corrected chi connectivity index (χ0v) is 14.1. The molecule has 1 aliphatic carbocycles. The average molecular weight is 323 g/mol. The molecule has 1 aromatic rings. The lowest BCUT2D eigenvalue weighted by Gasteiger charge is -2.17. The van der Waals surface area contributed by atoms with Gasteiger partial charge in [0.25, 0.3) is 0 Å². The maximum Gasteiger partial charge on any atom is 0.189 e. The molecular formula is C15H22N4S2. The first-order valence-electron chi connectivity index (χ1n) is 7.25. The maximum absolute atomic E-state index is 5.24. The normalized spacial score (nSPS) is 14.6. The van der Waals surface area contributed by atoms with Crippen molar-refractivity contribution in [1.29, 1.82) is 0 Å². The van der Waals surface area contributed by atoms with Gasteiger partial charge in [-0.2, -0.15) is 0 Å². The van der Waals surface area contributed by atoms with Crippen LogP contribution in [0.2, 0.25) is 0 Å². The number of rotatable bonds is 2. The molecule has 0 atom stereocenters. The lowest BCUT2D eigenvalue weighted by molar-refractivity contribution is 0.618. The Kier molecular flexibility index (Phi) is 5.76. The first-order valence-corrected chi connectivity index (χ1v) is 8.07. The monoisotopic (exact) mass is 322 g/mol. The first-order chi connectivity index (χ1) is 10.0. The summed E-state index contributed by atoms with van der Waals surface area (Å²) in [7, 11) is 0. The van der Waals surface area contributed by atoms with Crippen LogP contribution in [0.4, 0.5) is 5.69 Å². The molecular weight excluding hydrogens is 300 g/mol. The Bertz CT molecular complexity index is 524. The van der Waals surface area contributed by atoms with Gasteiger partial charge in [0.2, 0.25) is 0 Å². The van der Waals surface area contributed by atoms with Crippen molar-refractivity contribution in [3.8, 4) is 0 Å². The molecule has 1 aliphatic rings. The third-order valence-electron chi connectivity index (χ3n) is 3.74. The highest BCUT2D eigenvalue weighted by atomic mass is 32.1. The molecule has 114 valence electrons. The van der Waals surface area contributed by atoms with Gasteiger partial charge in [0, 0.05) is 11.7 Å². The zero-order valence-electron chi connectivity index (χ0n) is 12.5. The van der Waals surface area contributed by atoms with Crippen LogP contribution >= 0.6 is 24.4 Å². The van der Waals surface area contributed by atoms with E-state index in [1.807, 2.05) is 6.07 Å². The predicted molar refractivity (Wildman–Crippen MR) is 96.4 cm³/mol. The van der Waals surface area contributed by atoms with Gasteiger partial charge in [0.15, 0.2) is 10.2 Å². The summed E-state index contributed by atoms with van der Waals surface area (Å²) in [6.07, 6.45) is 4.93. The molecule has 21 heavy (non-hydrogen) atoms. The Morgan fingerprint density at radius 3 is 2.33 bits per heavy atom. The minimum atomic E-state index is 0.494. The van der Waals surface area contributed by atoms with E-state index in [0.717, 1.165) is 5.69 Å². The van der Waals surface area contributed by atoms with Crippen molar-refractivity contribution in [3.05, 3.63) is 29.3 Å². The molecule has 0 spiro atoms. The quantitative estimate of drug-likeness (QED) is 0.496. The number of hydrogen-bond acceptors (Lipinski definition) is 2. The summed E-state index contributed by atoms with van der Waals surface area (Å²) < 4.78 is 0. The topological polar surface area (TPSA) is 48.1 Å². The fourth-order valence-electron chi connectivity index (χ4n) is 2.39. The molecule has 0 unspecified atom stereocenters. The Labute approximate surface area is 137 Å². The number of benzene rings is 1. The van der Waals surface area contributed by atoms with Crippen LogP contribution in [0, 0.1) is 13.8 Å². The molecule has 2 rings (SSSR count). The average Bonchev–Trinajstić information content (AvgIpc) is 2.93. The van der Waals surface area contributed by atoms with Gasteiger partial charge >= 0.3 is 0 Å². The van der Waals surface area contributed by atoms with Gasteiger partial charge < -0.3 is 10.6 Å². The van der Waals surface area contributed by atoms with Gasteiger partial charge in [-0.15, -0.1) is 0 Å². The van der Waals surface area contributed by atoms with Crippen molar-refractivity contribution in [2.24, 2.45) is 0 Å². The van der Waals surface area contributed by atoms with Gasteiger partial charge in [-0.25, -0.2) is 0 Å². The van der Waals surface area contributed by atoms with Crippen LogP contribution in [0.15, 0.2) is 18.2 Å². The third-order valence-corrected chi connectivity index (χ3v) is 4.17. The molecule has 0 aromatic heterocycles. The highest BCUT2D eigenvalue weighted by Gasteiger charge is 2.15. The SMILES string of the molecule is Cc1ccc(NC(=S)NNC(=S)NC2CCCC2)cc1C. The fourth-order valence-corrected chi connectivity index (χ4v) is 2.77. The van der Waals surface area contributed by atoms with E-state index in [0.29, 0.717) is 16.3 Å². The molecule has 0 amide bonds. The second-order valence-corrected chi connectivity index (χ2v) is 6.27. The van der Waals surface area contributed by atoms with Gasteiger partial charge in [0.05, 0.1) is 0 Å². The Hall–Kier alpha value is -1.40. The number of anilines is 1. The van der Waals surface area contributed by atoms with Gasteiger partial charge in [-0.1, -0.05) is 18.9 Å². The Morgan fingerprint density at radius 2 is 1.67 bits per heavy atom. The highest BCUT2D eigenvalue weighted by molar-refractivity contribution is 7.80. The second kappa shape index (κ2) is 7.56. The minimum Gasteiger partial charge on any atom is -0.359 e. The lowest BCUT2D eigenvalue weighted by atomic mass is 10.1. The summed E-state index contributed by atoms with van der Waals surface area (Å²) in [5, 5.41) is 7.50. The maximum atomic E-state index is 5.24. The summed E-state index contributed by atoms with van der Waals surface area (Å²) in [6, 6.07) is 6.64. The molecule has 6 heteroatoms. The molecule has 1 fully saturated rings. The summed E-state index contributed by atoms with van der Waals surface area (Å²) in [6.45, 7) is 4.17. The van der Waals surface area contributed by atoms with E-state index >= 15 is 0 Å². The smallest absolute Gasteiger partial charge is 0.189 e. The van der Waals surface area contributed by atoms with Crippen molar-refractivity contribution in [3.63, 3.8) is 0 Å². The number of aryl methyl sites for hydroxylation is 2. The molecule has 1 aromatic carbocycles. The summed E-state index contributed by atoms with van der Waals surface area (Å²) in [5.41, 5.74) is 9.29. The van der Waals surface area contributed by atoms with Crippen LogP contribution in [-0.2, 0) is 0 Å². The largest absolute Gasteiger partial charge is 0.359 e. The van der Waals surface area contributed by atoms with Crippen LogP contribution in [0.3, 0.4) is 0 Å². The van der Waals surface area contributed by atoms with E-state index in [9.17, 15) is 0 Å². The zero-order chi connectivity index (χ0) is 15.2. The Morgan fingerprint density at radius 1 is 1.00 bits per heavy atom. The van der Waals surface area contributed by atoms with E-state index in [1.54, 1.807) is 0 Å². The van der Waals surface area contributed by atoms with Crippen LogP contribution in [0.1, 0.15) is 36.8 Å². The summed E-state index contributed by atoms with van der Waals surface area (Å²) in [4.78, 5) is 0. The van der Waals surface area contributed by atoms with Crippen LogP contribution in [0.25, 0.3) is 0 Å². The second-order valence-electron chi connectivity index (χ2n) is 5.46. The van der Waals surface area contributed by atoms with Gasteiger partial charge in [0.1, 0.15) is 0 Å². The number of hydrogen-bond donors (Lipinski definition) is 4. The standard InChI is InChI=1S/C15H22N4S2/c1-10-7-8-13(9-11(10)2)17-15(21)19-18-14(20)16-12-5-3-4-6-12/h7-9,12H,3-6H2,1-2H3,(H2,16,18,20)(H2,17,19,21). The minimum absolute atomic E-state index is 0.494. The molecule has 4 N–H and O–H groups in total. The van der Waals surface area contributed by atoms with E-state index in [2.05, 4.69) is 47.5 Å². The fraction of sp³-hybridized carbons (Fsp3) is 0.467. The van der Waals surface area contributed by atoms with Crippen LogP contribution in [-0.4, -0.2) is 16.3 Å². The van der Waals surface area contributed by atoms with Crippen molar-refractivity contribution < 1.29 is 0 Å². The molecule has 4 nitrogen and oxygen atoms in total. The van der Waals surface area contributed by atoms with Crippen LogP contribution in [0.5, 0.6) is 0 Å². The Balaban J connectivity index is 1.73. The number of hydrazine groups is 1. The van der Waals surface area contributed by atoms with Crippen molar-refractivity contribution in [1.82, 2.24) is 16.2 Å². The predicted octanol–water partition coefficient (Wildman–Crippen LogP) is 2.91. The van der Waals surface area contributed by atoms with E-state index in [4.69, 9.17) is 24.4 Å². The molecule has 0 aliphatic heterocycles. The lowest BCUT2D eigenvalue weighted by Crippen LogP contribution is -2.50. The number of thiocarbonyl (C=S) groups is 2. The van der Waals surface area contributed by atoms with Gasteiger partial charge in [-0.05, 0) is 74.4 Å². The summed E-state index contributed by atoms with van der Waals surface area (Å²) >= 11 is 10.5. The third kappa shape index (κ3) is 5.13. The molecule has 0 heterocycles. The van der Waals surface area contributed by atoms with Gasteiger partial charge in [-0.3, -0.25) is 10.9 Å². The molecule has 0 saturated heterocycles. The van der Waals surface area contributed by atoms with Crippen LogP contribution < -0.4 is 21.5 Å². The first kappa shape index (κ1) is 16.0. The molecule has 1 saturated carbocycles. The van der Waals surface area contributed by atoms with E-state index < -0.39 is 0 Å². The summed E-state index contributed by atoms with van der Waals surface area (Å²) in [5.74, 6) is 0. The molecule has 0 radical (unpaired) electrons.